The molecule has 2 fully saturated rings. The number of carboxylic acids is 1. The van der Waals surface area contributed by atoms with Crippen molar-refractivity contribution in [3.05, 3.63) is 0 Å². The lowest BCUT2D eigenvalue weighted by Crippen LogP contribution is -2.36. The van der Waals surface area contributed by atoms with Gasteiger partial charge in [-0.2, -0.15) is 0 Å². The normalized spacial score (nSPS) is 30.1. The zero-order chi connectivity index (χ0) is 9.97. The van der Waals surface area contributed by atoms with Crippen LogP contribution < -0.4 is 10.6 Å². The molecule has 0 aromatic rings. The first-order valence-electron chi connectivity index (χ1n) is 5.05. The molecule has 0 bridgehead atoms. The van der Waals surface area contributed by atoms with E-state index in [0.717, 1.165) is 12.8 Å². The van der Waals surface area contributed by atoms with Gasteiger partial charge in [0, 0.05) is 12.1 Å². The summed E-state index contributed by atoms with van der Waals surface area (Å²) in [6.45, 7) is -0.158. The summed E-state index contributed by atoms with van der Waals surface area (Å²) in [5, 5.41) is 14.9. The Morgan fingerprint density at radius 1 is 1.36 bits per heavy atom. The molecule has 14 heavy (non-hydrogen) atoms. The average Bonchev–Trinajstić information content (AvgIpc) is 2.57. The standard InChI is InChI=1S/C9H15N3O2/c13-8(14)5-10-9-11-6-3-1-2-4-7(6)12-9/h6-7H,1-5H2,(H,13,14)(H2,10,11,12). The van der Waals surface area contributed by atoms with Gasteiger partial charge in [-0.15, -0.1) is 0 Å². The predicted octanol–water partition coefficient (Wildman–Crippen LogP) is -0.0690. The third kappa shape index (κ3) is 1.97. The van der Waals surface area contributed by atoms with E-state index in [4.69, 9.17) is 5.11 Å². The second kappa shape index (κ2) is 3.86. The first kappa shape index (κ1) is 9.30. The van der Waals surface area contributed by atoms with E-state index in [9.17, 15) is 4.79 Å². The summed E-state index contributed by atoms with van der Waals surface area (Å²) in [7, 11) is 0. The number of carbonyl (C=O) groups is 1. The largest absolute Gasteiger partial charge is 0.480 e. The van der Waals surface area contributed by atoms with Gasteiger partial charge in [0.2, 0.25) is 0 Å². The monoisotopic (exact) mass is 197 g/mol. The van der Waals surface area contributed by atoms with Crippen molar-refractivity contribution in [2.45, 2.75) is 37.8 Å². The van der Waals surface area contributed by atoms with Crippen LogP contribution in [0.25, 0.3) is 0 Å². The molecule has 0 spiro atoms. The van der Waals surface area contributed by atoms with Crippen molar-refractivity contribution in [3.63, 3.8) is 0 Å². The molecule has 78 valence electrons. The van der Waals surface area contributed by atoms with Gasteiger partial charge in [0.05, 0.1) is 0 Å². The number of nitrogens with one attached hydrogen (secondary N) is 2. The first-order chi connectivity index (χ1) is 6.75. The van der Waals surface area contributed by atoms with Gasteiger partial charge in [0.1, 0.15) is 6.54 Å². The lowest BCUT2D eigenvalue weighted by molar-refractivity contribution is -0.135. The number of aliphatic imine (C=N–C) groups is 1. The van der Waals surface area contributed by atoms with E-state index in [1.54, 1.807) is 0 Å². The Bertz CT molecular complexity index is 249. The maximum atomic E-state index is 10.3. The molecule has 0 amide bonds. The van der Waals surface area contributed by atoms with E-state index < -0.39 is 5.97 Å². The summed E-state index contributed by atoms with van der Waals surface area (Å²) in [6, 6.07) is 0.910. The number of carboxylic acid groups (broad SMARTS) is 1. The molecule has 1 saturated heterocycles. The van der Waals surface area contributed by atoms with Gasteiger partial charge in [-0.25, -0.2) is 4.99 Å². The molecule has 3 N–H and O–H groups in total. The van der Waals surface area contributed by atoms with Crippen LogP contribution in [0.15, 0.2) is 4.99 Å². The fraction of sp³-hybridized carbons (Fsp3) is 0.778. The van der Waals surface area contributed by atoms with Crippen LogP contribution in [-0.4, -0.2) is 35.7 Å². The summed E-state index contributed by atoms with van der Waals surface area (Å²) in [5.41, 5.74) is 0. The van der Waals surface area contributed by atoms with Gasteiger partial charge >= 0.3 is 5.97 Å². The second-order valence-electron chi connectivity index (χ2n) is 3.84. The number of hydrogen-bond donors (Lipinski definition) is 3. The van der Waals surface area contributed by atoms with E-state index in [2.05, 4.69) is 15.6 Å². The summed E-state index contributed by atoms with van der Waals surface area (Å²) in [6.07, 6.45) is 4.82. The highest BCUT2D eigenvalue weighted by Gasteiger charge is 2.31. The maximum absolute atomic E-state index is 10.3. The van der Waals surface area contributed by atoms with E-state index in [1.807, 2.05) is 0 Å². The van der Waals surface area contributed by atoms with Crippen LogP contribution in [0.1, 0.15) is 25.7 Å². The molecule has 1 aliphatic heterocycles. The van der Waals surface area contributed by atoms with Crippen LogP contribution in [0.5, 0.6) is 0 Å². The molecule has 2 unspecified atom stereocenters. The molecular formula is C9H15N3O2. The minimum atomic E-state index is -0.893. The van der Waals surface area contributed by atoms with Crippen molar-refractivity contribution in [3.8, 4) is 0 Å². The van der Waals surface area contributed by atoms with Gasteiger partial charge in [-0.3, -0.25) is 4.79 Å². The van der Waals surface area contributed by atoms with Crippen molar-refractivity contribution in [1.82, 2.24) is 10.6 Å². The zero-order valence-corrected chi connectivity index (χ0v) is 7.99. The number of fused-ring (bicyclic) bond motifs is 1. The van der Waals surface area contributed by atoms with Crippen LogP contribution >= 0.6 is 0 Å². The van der Waals surface area contributed by atoms with E-state index in [1.165, 1.54) is 12.8 Å². The fourth-order valence-electron chi connectivity index (χ4n) is 2.11. The molecule has 0 aromatic carbocycles. The Morgan fingerprint density at radius 2 is 1.93 bits per heavy atom. The van der Waals surface area contributed by atoms with Crippen LogP contribution in [-0.2, 0) is 4.79 Å². The van der Waals surface area contributed by atoms with Gasteiger partial charge in [-0.05, 0) is 12.8 Å². The number of aliphatic carboxylic acids is 1. The Kier molecular flexibility index (Phi) is 2.56. The molecule has 5 heteroatoms. The molecule has 0 radical (unpaired) electrons. The Hall–Kier alpha value is -1.26. The summed E-state index contributed by atoms with van der Waals surface area (Å²) in [4.78, 5) is 14.2. The third-order valence-corrected chi connectivity index (χ3v) is 2.78. The van der Waals surface area contributed by atoms with Crippen molar-refractivity contribution in [2.75, 3.05) is 6.54 Å². The molecule has 2 atom stereocenters. The number of rotatable bonds is 2. The molecule has 0 aromatic heterocycles. The highest BCUT2D eigenvalue weighted by molar-refractivity contribution is 5.85. The Labute approximate surface area is 82.6 Å². The zero-order valence-electron chi connectivity index (χ0n) is 7.99. The highest BCUT2D eigenvalue weighted by Crippen LogP contribution is 2.21. The molecular weight excluding hydrogens is 182 g/mol. The smallest absolute Gasteiger partial charge is 0.325 e. The Morgan fingerprint density at radius 3 is 2.43 bits per heavy atom. The van der Waals surface area contributed by atoms with E-state index in [-0.39, 0.29) is 6.54 Å². The highest BCUT2D eigenvalue weighted by atomic mass is 16.4. The molecule has 5 nitrogen and oxygen atoms in total. The van der Waals surface area contributed by atoms with Gasteiger partial charge < -0.3 is 15.7 Å². The van der Waals surface area contributed by atoms with Crippen LogP contribution in [0.2, 0.25) is 0 Å². The molecule has 1 heterocycles. The summed E-state index contributed by atoms with van der Waals surface area (Å²) in [5.74, 6) is -0.236. The molecule has 2 rings (SSSR count). The number of nitrogens with zero attached hydrogens (tertiary/aromatic N) is 1. The van der Waals surface area contributed by atoms with Crippen molar-refractivity contribution < 1.29 is 9.90 Å². The quantitative estimate of drug-likeness (QED) is 0.579. The number of hydrogen-bond acceptors (Lipinski definition) is 2. The average molecular weight is 197 g/mol. The minimum absolute atomic E-state index is 0.158. The van der Waals surface area contributed by atoms with Crippen LogP contribution in [0.3, 0.4) is 0 Å². The number of guanidine groups is 1. The summed E-state index contributed by atoms with van der Waals surface area (Å²) >= 11 is 0. The molecule has 2 aliphatic rings. The lowest BCUT2D eigenvalue weighted by atomic mass is 9.92. The predicted molar refractivity (Wildman–Crippen MR) is 52.3 cm³/mol. The lowest BCUT2D eigenvalue weighted by Gasteiger charge is -2.23. The molecule has 1 saturated carbocycles. The maximum Gasteiger partial charge on any atom is 0.325 e. The Balaban J connectivity index is 1.92. The van der Waals surface area contributed by atoms with Gasteiger partial charge in [-0.1, -0.05) is 12.8 Å². The third-order valence-electron chi connectivity index (χ3n) is 2.78. The first-order valence-corrected chi connectivity index (χ1v) is 5.05. The van der Waals surface area contributed by atoms with Gasteiger partial charge in [0.15, 0.2) is 5.96 Å². The second-order valence-corrected chi connectivity index (χ2v) is 3.84. The van der Waals surface area contributed by atoms with Crippen LogP contribution in [0, 0.1) is 0 Å². The van der Waals surface area contributed by atoms with Crippen LogP contribution in [0.4, 0.5) is 0 Å². The van der Waals surface area contributed by atoms with Gasteiger partial charge in [0.25, 0.3) is 0 Å². The fourth-order valence-corrected chi connectivity index (χ4v) is 2.11. The van der Waals surface area contributed by atoms with E-state index in [0.29, 0.717) is 18.0 Å². The SMILES string of the molecule is O=C(O)CN=C1NC2CCCCC2N1. The topological polar surface area (TPSA) is 73.7 Å². The van der Waals surface area contributed by atoms with Crippen molar-refractivity contribution >= 4 is 11.9 Å². The van der Waals surface area contributed by atoms with Crippen molar-refractivity contribution in [1.29, 1.82) is 0 Å². The summed E-state index contributed by atoms with van der Waals surface area (Å²) < 4.78 is 0. The van der Waals surface area contributed by atoms with Crippen molar-refractivity contribution in [2.24, 2.45) is 4.99 Å². The van der Waals surface area contributed by atoms with E-state index >= 15 is 0 Å². The molecule has 1 aliphatic carbocycles. The minimum Gasteiger partial charge on any atom is -0.480 e.